The fraction of sp³-hybridized carbons (Fsp3) is 0.466. The number of nitrogens with zero attached hydrogens (tertiary/aromatic N) is 3. The highest BCUT2D eigenvalue weighted by Gasteiger charge is 2.33. The molecule has 0 bridgehead atoms. The Morgan fingerprint density at radius 3 is 0.842 bits per heavy atom. The topological polar surface area (TPSA) is 189 Å². The largest absolute Gasteiger partial charge is 0.497 e. The third-order valence-electron chi connectivity index (χ3n) is 17.2. The van der Waals surface area contributed by atoms with Crippen LogP contribution >= 0.6 is 37.2 Å². The molecule has 95 heavy (non-hydrogen) atoms. The van der Waals surface area contributed by atoms with Crippen LogP contribution in [-0.4, -0.2) is 164 Å². The van der Waals surface area contributed by atoms with E-state index in [2.05, 4.69) is 67.0 Å². The van der Waals surface area contributed by atoms with Crippen molar-refractivity contribution in [3.63, 3.8) is 0 Å². The van der Waals surface area contributed by atoms with Gasteiger partial charge in [-0.15, -0.1) is 37.2 Å². The van der Waals surface area contributed by atoms with Crippen LogP contribution < -0.4 is 58.6 Å². The molecule has 6 aliphatic rings. The lowest BCUT2D eigenvalue weighted by Gasteiger charge is -2.35. The average Bonchev–Trinajstić information content (AvgIpc) is 1.69. The molecule has 6 aromatic carbocycles. The first-order valence-electron chi connectivity index (χ1n) is 32.8. The molecule has 518 valence electrons. The van der Waals surface area contributed by atoms with Crippen molar-refractivity contribution in [3.05, 3.63) is 162 Å². The van der Waals surface area contributed by atoms with Gasteiger partial charge in [0, 0.05) is 32.8 Å². The number of nitrogens with one attached hydrogen (secondary N) is 3. The Kier molecular flexibility index (Phi) is 33.0. The van der Waals surface area contributed by atoms with Crippen LogP contribution in [0, 0.1) is 0 Å². The fourth-order valence-electron chi connectivity index (χ4n) is 12.1. The standard InChI is InChI=1S/3C23H28N2O4.C4H10O.3ClH/c3*1-27-18-11-9-17(10-12-18)19(25-13-5-2-6-14-25)15-24-23(26)22-16-28-20-7-3-4-8-21(20)29-22;1-3-5-4-2;;;/h3*3-4,7-12,19,22H,2,5-6,13-16H2,1H3,(H,24,26);3-4H2,1-2H3;3*1H. The minimum Gasteiger partial charge on any atom is -0.497 e. The molecule has 0 saturated carbocycles. The molecule has 0 radical (unpaired) electrons. The second-order valence-corrected chi connectivity index (χ2v) is 23.3. The molecule has 22 heteroatoms. The van der Waals surface area contributed by atoms with Gasteiger partial charge in [0.15, 0.2) is 34.5 Å². The number of amides is 3. The Morgan fingerprint density at radius 2 is 0.621 bits per heavy atom. The van der Waals surface area contributed by atoms with Crippen LogP contribution in [0.3, 0.4) is 0 Å². The molecule has 0 aromatic heterocycles. The number of benzene rings is 6. The van der Waals surface area contributed by atoms with E-state index in [9.17, 15) is 14.4 Å². The summed E-state index contributed by atoms with van der Waals surface area (Å²) in [6, 6.07) is 47.0. The number of hydrogen-bond acceptors (Lipinski definition) is 16. The van der Waals surface area contributed by atoms with E-state index in [1.54, 1.807) is 21.3 Å². The second kappa shape index (κ2) is 40.9. The number of methoxy groups -OCH3 is 3. The number of para-hydroxylation sites is 6. The Balaban J connectivity index is 0.000000214. The smallest absolute Gasteiger partial charge is 0.264 e. The summed E-state index contributed by atoms with van der Waals surface area (Å²) in [5.41, 5.74) is 3.54. The Bertz CT molecular complexity index is 2860. The number of piperidine rings is 3. The number of ether oxygens (including phenoxy) is 10. The highest BCUT2D eigenvalue weighted by Crippen LogP contribution is 2.35. The van der Waals surface area contributed by atoms with E-state index in [4.69, 9.17) is 47.4 Å². The Morgan fingerprint density at radius 1 is 0.379 bits per heavy atom. The fourth-order valence-corrected chi connectivity index (χ4v) is 12.1. The zero-order chi connectivity index (χ0) is 64.3. The van der Waals surface area contributed by atoms with Crippen molar-refractivity contribution in [2.75, 3.05) is 113 Å². The van der Waals surface area contributed by atoms with Gasteiger partial charge in [0.2, 0.25) is 18.3 Å². The van der Waals surface area contributed by atoms with Gasteiger partial charge in [0.05, 0.1) is 39.5 Å². The third kappa shape index (κ3) is 22.6. The summed E-state index contributed by atoms with van der Waals surface area (Å²) in [5, 5.41) is 9.27. The molecule has 6 heterocycles. The molecule has 0 aliphatic carbocycles. The molecule has 19 nitrogen and oxygen atoms in total. The van der Waals surface area contributed by atoms with Crippen LogP contribution in [0.15, 0.2) is 146 Å². The molecule has 6 aliphatic heterocycles. The second-order valence-electron chi connectivity index (χ2n) is 23.3. The van der Waals surface area contributed by atoms with Crippen molar-refractivity contribution in [2.45, 2.75) is 108 Å². The molecule has 0 spiro atoms. The highest BCUT2D eigenvalue weighted by atomic mass is 35.5. The minimum atomic E-state index is -0.636. The van der Waals surface area contributed by atoms with Crippen LogP contribution in [0.1, 0.15) is 106 Å². The van der Waals surface area contributed by atoms with Crippen molar-refractivity contribution in [3.8, 4) is 51.7 Å². The predicted octanol–water partition coefficient (Wildman–Crippen LogP) is 11.8. The molecule has 6 aromatic rings. The van der Waals surface area contributed by atoms with Crippen LogP contribution in [0.4, 0.5) is 0 Å². The van der Waals surface area contributed by atoms with Gasteiger partial charge in [-0.25, -0.2) is 0 Å². The molecular formula is C73H97Cl3N6O13. The Labute approximate surface area is 579 Å². The van der Waals surface area contributed by atoms with Gasteiger partial charge < -0.3 is 63.3 Å². The summed E-state index contributed by atoms with van der Waals surface area (Å²) in [5.74, 6) is 5.96. The van der Waals surface area contributed by atoms with Crippen molar-refractivity contribution >= 4 is 54.9 Å². The molecule has 6 atom stereocenters. The van der Waals surface area contributed by atoms with Crippen molar-refractivity contribution in [1.29, 1.82) is 0 Å². The number of rotatable bonds is 20. The lowest BCUT2D eigenvalue weighted by Crippen LogP contribution is -2.47. The number of halogens is 3. The van der Waals surface area contributed by atoms with Gasteiger partial charge >= 0.3 is 0 Å². The molecule has 6 unspecified atom stereocenters. The van der Waals surface area contributed by atoms with Gasteiger partial charge in [-0.1, -0.05) is 92.1 Å². The quantitative estimate of drug-likeness (QED) is 0.0654. The lowest BCUT2D eigenvalue weighted by atomic mass is 10.0. The summed E-state index contributed by atoms with van der Waals surface area (Å²) in [6.07, 6.45) is 9.05. The van der Waals surface area contributed by atoms with E-state index in [1.165, 1.54) is 74.5 Å². The monoisotopic (exact) mass is 1370 g/mol. The summed E-state index contributed by atoms with van der Waals surface area (Å²) < 4.78 is 55.3. The molecule has 3 fully saturated rings. The van der Waals surface area contributed by atoms with E-state index in [0.717, 1.165) is 69.7 Å². The third-order valence-corrected chi connectivity index (χ3v) is 17.2. The van der Waals surface area contributed by atoms with Gasteiger partial charge in [-0.2, -0.15) is 0 Å². The lowest BCUT2D eigenvalue weighted by molar-refractivity contribution is -0.131. The van der Waals surface area contributed by atoms with Crippen molar-refractivity contribution < 1.29 is 61.8 Å². The van der Waals surface area contributed by atoms with E-state index in [-0.39, 0.29) is 92.9 Å². The number of hydrogen-bond donors (Lipinski definition) is 3. The summed E-state index contributed by atoms with van der Waals surface area (Å²) in [6.45, 7) is 14.2. The van der Waals surface area contributed by atoms with Crippen LogP contribution in [0.2, 0.25) is 0 Å². The summed E-state index contributed by atoms with van der Waals surface area (Å²) >= 11 is 0. The van der Waals surface area contributed by atoms with E-state index in [1.807, 2.05) is 123 Å². The minimum absolute atomic E-state index is 0. The maximum atomic E-state index is 12.8. The molecule has 3 saturated heterocycles. The molecular weight excluding hydrogens is 1280 g/mol. The van der Waals surface area contributed by atoms with E-state index < -0.39 is 18.3 Å². The maximum Gasteiger partial charge on any atom is 0.264 e. The van der Waals surface area contributed by atoms with E-state index in [0.29, 0.717) is 54.1 Å². The first-order valence-corrected chi connectivity index (χ1v) is 32.8. The van der Waals surface area contributed by atoms with Crippen molar-refractivity contribution in [2.24, 2.45) is 0 Å². The number of carbonyl (C=O) groups excluding carboxylic acids is 3. The summed E-state index contributed by atoms with van der Waals surface area (Å²) in [7, 11) is 5.01. The zero-order valence-corrected chi connectivity index (χ0v) is 57.9. The number of carbonyl (C=O) groups is 3. The Hall–Kier alpha value is -7.36. The molecule has 3 N–H and O–H groups in total. The van der Waals surface area contributed by atoms with Gasteiger partial charge in [-0.05, 0) is 181 Å². The van der Waals surface area contributed by atoms with Crippen LogP contribution in [0.5, 0.6) is 51.7 Å². The predicted molar refractivity (Wildman–Crippen MR) is 375 cm³/mol. The van der Waals surface area contributed by atoms with Crippen LogP contribution in [0.25, 0.3) is 0 Å². The van der Waals surface area contributed by atoms with Gasteiger partial charge in [0.25, 0.3) is 17.7 Å². The number of fused-ring (bicyclic) bond motifs is 3. The van der Waals surface area contributed by atoms with Crippen LogP contribution in [-0.2, 0) is 19.1 Å². The normalized spacial score (nSPS) is 18.7. The zero-order valence-electron chi connectivity index (χ0n) is 55.5. The van der Waals surface area contributed by atoms with Gasteiger partial charge in [-0.3, -0.25) is 29.1 Å². The number of likely N-dealkylation sites (tertiary alicyclic amines) is 3. The SMILES string of the molecule is CCOCC.COc1ccc(C(CNC(=O)C2COc3ccccc3O2)N2CCCCC2)cc1.COc1ccc(C(CNC(=O)C2COc3ccccc3O2)N2CCCCC2)cc1.COc1ccc(C(CNC(=O)C2COc3ccccc3O2)N2CCCCC2)cc1.Cl.Cl.Cl. The first kappa shape index (κ1) is 76.7. The highest BCUT2D eigenvalue weighted by molar-refractivity contribution is 5.86. The van der Waals surface area contributed by atoms with E-state index >= 15 is 0 Å². The summed E-state index contributed by atoms with van der Waals surface area (Å²) in [4.78, 5) is 45.7. The molecule has 3 amide bonds. The first-order chi connectivity index (χ1) is 45.1. The average molecular weight is 1370 g/mol. The maximum absolute atomic E-state index is 12.8. The molecule has 12 rings (SSSR count). The van der Waals surface area contributed by atoms with Crippen molar-refractivity contribution in [1.82, 2.24) is 30.7 Å². The van der Waals surface area contributed by atoms with Gasteiger partial charge in [0.1, 0.15) is 37.1 Å².